The molecule has 59 heavy (non-hydrogen) atoms. The summed E-state index contributed by atoms with van der Waals surface area (Å²) < 4.78 is 12.4. The average molecular weight is 832 g/mol. The molecular weight excluding hydrogens is 775 g/mol. The highest BCUT2D eigenvalue weighted by molar-refractivity contribution is 7.14. The van der Waals surface area contributed by atoms with Crippen molar-refractivity contribution in [1.82, 2.24) is 30.8 Å². The van der Waals surface area contributed by atoms with Crippen LogP contribution in [-0.2, 0) is 19.2 Å². The number of carboxylic acids is 1. The maximum Gasteiger partial charge on any atom is 0.330 e. The molecular formula is C43H57N7O8S. The summed E-state index contributed by atoms with van der Waals surface area (Å²) in [6, 6.07) is 2.82. The molecule has 3 aliphatic rings. The van der Waals surface area contributed by atoms with Gasteiger partial charge in [-0.15, -0.1) is 17.9 Å². The number of nitrogens with one attached hydrogen (secondary N) is 4. The minimum atomic E-state index is -1.53. The van der Waals surface area contributed by atoms with Gasteiger partial charge in [0.15, 0.2) is 5.13 Å². The van der Waals surface area contributed by atoms with E-state index in [1.54, 1.807) is 18.6 Å². The van der Waals surface area contributed by atoms with Gasteiger partial charge >= 0.3 is 12.0 Å². The highest BCUT2D eigenvalue weighted by Crippen LogP contribution is 2.45. The van der Waals surface area contributed by atoms with Gasteiger partial charge in [-0.2, -0.15) is 0 Å². The van der Waals surface area contributed by atoms with Crippen LogP contribution in [0.4, 0.5) is 9.93 Å². The number of hydrogen-bond acceptors (Lipinski definition) is 10. The highest BCUT2D eigenvalue weighted by Gasteiger charge is 2.61. The zero-order chi connectivity index (χ0) is 43.0. The van der Waals surface area contributed by atoms with E-state index in [-0.39, 0.29) is 36.8 Å². The number of anilines is 1. The number of nitrogens with zero attached hydrogens (tertiary/aromatic N) is 3. The molecule has 0 bridgehead atoms. The number of hydrogen-bond donors (Lipinski definition) is 5. The molecule has 2 aliphatic carbocycles. The lowest BCUT2D eigenvalue weighted by Gasteiger charge is -2.35. The van der Waals surface area contributed by atoms with Crippen LogP contribution in [0.25, 0.3) is 22.3 Å². The molecule has 1 aliphatic heterocycles. The van der Waals surface area contributed by atoms with Crippen molar-refractivity contribution < 1.29 is 38.6 Å². The van der Waals surface area contributed by atoms with E-state index in [9.17, 15) is 29.1 Å². The van der Waals surface area contributed by atoms with Crippen LogP contribution in [0.15, 0.2) is 36.2 Å². The number of fused-ring (bicyclic) bond motifs is 1. The van der Waals surface area contributed by atoms with E-state index in [0.717, 1.165) is 31.2 Å². The van der Waals surface area contributed by atoms with E-state index < -0.39 is 58.9 Å². The molecule has 318 valence electrons. The third kappa shape index (κ3) is 9.80. The number of ether oxygens (including phenoxy) is 2. The second-order valence-corrected chi connectivity index (χ2v) is 19.2. The van der Waals surface area contributed by atoms with Crippen LogP contribution in [0.1, 0.15) is 92.1 Å². The van der Waals surface area contributed by atoms with Crippen LogP contribution >= 0.6 is 11.3 Å². The number of carboxylic acid groups (broad SMARTS) is 1. The Morgan fingerprint density at radius 2 is 1.76 bits per heavy atom. The molecule has 1 aromatic carbocycles. The Kier molecular flexibility index (Phi) is 12.3. The fourth-order valence-corrected chi connectivity index (χ4v) is 8.71. The van der Waals surface area contributed by atoms with E-state index in [0.29, 0.717) is 45.3 Å². The minimum Gasteiger partial charge on any atom is -0.496 e. The predicted molar refractivity (Wildman–Crippen MR) is 225 cm³/mol. The van der Waals surface area contributed by atoms with Crippen molar-refractivity contribution >= 4 is 57.1 Å². The molecule has 6 rings (SSSR count). The molecule has 2 saturated carbocycles. The molecule has 0 unspecified atom stereocenters. The Hall–Kier alpha value is -5.25. The van der Waals surface area contributed by atoms with Gasteiger partial charge < -0.3 is 40.7 Å². The van der Waals surface area contributed by atoms with Crippen LogP contribution < -0.4 is 30.7 Å². The van der Waals surface area contributed by atoms with E-state index in [1.165, 1.54) is 22.3 Å². The summed E-state index contributed by atoms with van der Waals surface area (Å²) in [6.45, 7) is 17.1. The smallest absolute Gasteiger partial charge is 0.330 e. The molecule has 5 amide bonds. The van der Waals surface area contributed by atoms with Crippen molar-refractivity contribution in [2.24, 2.45) is 16.7 Å². The third-order valence-corrected chi connectivity index (χ3v) is 12.0. The number of aryl methyl sites for hydroxylation is 1. The fraction of sp³-hybridized carbons (Fsp3) is 0.558. The lowest BCUT2D eigenvalue weighted by molar-refractivity contribution is -0.146. The Morgan fingerprint density at radius 1 is 1.05 bits per heavy atom. The molecule has 3 aromatic rings. The van der Waals surface area contributed by atoms with Gasteiger partial charge in [0.05, 0.1) is 24.9 Å². The van der Waals surface area contributed by atoms with E-state index in [1.807, 2.05) is 60.6 Å². The zero-order valence-corrected chi connectivity index (χ0v) is 36.0. The maximum absolute atomic E-state index is 14.7. The molecule has 1 saturated heterocycles. The number of urea groups is 1. The fourth-order valence-electron chi connectivity index (χ4n) is 7.99. The first kappa shape index (κ1) is 43.3. The summed E-state index contributed by atoms with van der Waals surface area (Å²) in [4.78, 5) is 78.3. The van der Waals surface area contributed by atoms with Gasteiger partial charge in [-0.25, -0.2) is 19.6 Å². The number of likely N-dealkylation sites (tertiary alicyclic amines) is 1. The number of methoxy groups -OCH3 is 1. The van der Waals surface area contributed by atoms with Crippen molar-refractivity contribution in [3.63, 3.8) is 0 Å². The first-order valence-electron chi connectivity index (χ1n) is 20.2. The Bertz CT molecular complexity index is 2140. The number of aromatic nitrogens is 2. The minimum absolute atomic E-state index is 0.0166. The first-order valence-corrected chi connectivity index (χ1v) is 21.1. The molecule has 3 heterocycles. The predicted octanol–water partition coefficient (Wildman–Crippen LogP) is 6.20. The standard InChI is InChI=1S/C43H57N7O8S/c1-10-24-19-43(24,38(54)55)49-36(52)31-16-26(21-50(31)37(53)35(42(6,7)8)48-39(56)44-25-13-11-12-14-25)58-33-18-29(45-28-15-23(2)32(57-9)17-27(28)33)30-22-59-40(46-30)47-34(51)20-41(3,4)5/h10,15,17-18,22,24-26,31,35H,1,11-14,16,19-21H2,2-9H3,(H,49,52)(H,54,55)(H2,44,48,56)(H,46,47,51)/t24-,26-,31+,35-,43-/m1/s1. The van der Waals surface area contributed by atoms with Crippen LogP contribution in [0.3, 0.4) is 0 Å². The number of amides is 5. The molecule has 15 nitrogen and oxygen atoms in total. The van der Waals surface area contributed by atoms with Crippen molar-refractivity contribution in [1.29, 1.82) is 0 Å². The van der Waals surface area contributed by atoms with Crippen LogP contribution in [0, 0.1) is 23.7 Å². The molecule has 3 fully saturated rings. The van der Waals surface area contributed by atoms with Gasteiger partial charge in [0.1, 0.15) is 40.9 Å². The SMILES string of the molecule is C=C[C@@H]1C[C@]1(NC(=O)[C@@H]1C[C@@H](Oc2cc(-c3csc(NC(=O)CC(C)(C)C)n3)nc3cc(C)c(OC)cc23)CN1C(=O)[C@@H](NC(=O)NC1CCCC1)C(C)(C)C)C(=O)O. The molecule has 16 heteroatoms. The normalized spacial score (nSPS) is 22.4. The average Bonchev–Trinajstić information content (AvgIpc) is 3.55. The number of pyridine rings is 1. The van der Waals surface area contributed by atoms with Gasteiger partial charge in [-0.3, -0.25) is 14.4 Å². The lowest BCUT2D eigenvalue weighted by Crippen LogP contribution is -2.60. The van der Waals surface area contributed by atoms with Crippen LogP contribution in [-0.4, -0.2) is 93.1 Å². The number of rotatable bonds is 13. The van der Waals surface area contributed by atoms with Crippen molar-refractivity contribution in [3.05, 3.63) is 41.8 Å². The number of benzene rings is 1. The molecule has 5 atom stereocenters. The number of carbonyl (C=O) groups is 5. The van der Waals surface area contributed by atoms with E-state index in [4.69, 9.17) is 14.5 Å². The Balaban J connectivity index is 1.33. The monoisotopic (exact) mass is 831 g/mol. The van der Waals surface area contributed by atoms with E-state index >= 15 is 0 Å². The van der Waals surface area contributed by atoms with Gasteiger partial charge in [-0.05, 0) is 54.7 Å². The van der Waals surface area contributed by atoms with Crippen LogP contribution in [0.2, 0.25) is 0 Å². The molecule has 0 radical (unpaired) electrons. The highest BCUT2D eigenvalue weighted by atomic mass is 32.1. The lowest BCUT2D eigenvalue weighted by atomic mass is 9.85. The largest absolute Gasteiger partial charge is 0.496 e. The van der Waals surface area contributed by atoms with Crippen LogP contribution in [0.5, 0.6) is 11.5 Å². The van der Waals surface area contributed by atoms with Gasteiger partial charge in [0.25, 0.3) is 0 Å². The summed E-state index contributed by atoms with van der Waals surface area (Å²) in [5.41, 5.74) is -0.0909. The third-order valence-electron chi connectivity index (χ3n) is 11.2. The zero-order valence-electron chi connectivity index (χ0n) is 35.2. The number of thiazole rings is 1. The summed E-state index contributed by atoms with van der Waals surface area (Å²) >= 11 is 1.27. The summed E-state index contributed by atoms with van der Waals surface area (Å²) in [7, 11) is 1.57. The Morgan fingerprint density at radius 3 is 2.37 bits per heavy atom. The van der Waals surface area contributed by atoms with Gasteiger partial charge in [0, 0.05) is 41.6 Å². The quantitative estimate of drug-likeness (QED) is 0.124. The summed E-state index contributed by atoms with van der Waals surface area (Å²) in [5, 5.41) is 24.5. The van der Waals surface area contributed by atoms with Gasteiger partial charge in [-0.1, -0.05) is 60.5 Å². The number of aliphatic carboxylic acids is 1. The summed E-state index contributed by atoms with van der Waals surface area (Å²) in [5.74, 6) is -1.94. The van der Waals surface area contributed by atoms with Crippen molar-refractivity contribution in [3.8, 4) is 22.9 Å². The Labute approximate surface area is 349 Å². The number of carbonyl (C=O) groups excluding carboxylic acids is 4. The molecule has 0 spiro atoms. The second kappa shape index (κ2) is 16.8. The van der Waals surface area contributed by atoms with Gasteiger partial charge in [0.2, 0.25) is 17.7 Å². The molecule has 5 N–H and O–H groups in total. The van der Waals surface area contributed by atoms with E-state index in [2.05, 4.69) is 32.8 Å². The first-order chi connectivity index (χ1) is 27.7. The topological polar surface area (TPSA) is 201 Å². The maximum atomic E-state index is 14.7. The molecule has 2 aromatic heterocycles. The summed E-state index contributed by atoms with van der Waals surface area (Å²) in [6.07, 6.45) is 5.05. The van der Waals surface area contributed by atoms with Crippen molar-refractivity contribution in [2.45, 2.75) is 123 Å². The van der Waals surface area contributed by atoms with Crippen molar-refractivity contribution in [2.75, 3.05) is 19.0 Å². The second-order valence-electron chi connectivity index (χ2n) is 18.4.